The van der Waals surface area contributed by atoms with Crippen molar-refractivity contribution in [2.75, 3.05) is 16.6 Å². The predicted octanol–water partition coefficient (Wildman–Crippen LogP) is 4.30. The van der Waals surface area contributed by atoms with Gasteiger partial charge in [0.2, 0.25) is 5.91 Å². The maximum atomic E-state index is 12.4. The molecule has 0 unspecified atom stereocenters. The fraction of sp³-hybridized carbons (Fsp3) is 0.238. The highest BCUT2D eigenvalue weighted by Crippen LogP contribution is 2.21. The van der Waals surface area contributed by atoms with Gasteiger partial charge in [-0.15, -0.1) is 11.3 Å². The smallest absolute Gasteiger partial charge is 0.263 e. The van der Waals surface area contributed by atoms with Crippen molar-refractivity contribution in [2.45, 2.75) is 31.1 Å². The number of nitrogens with zero attached hydrogens (tertiary/aromatic N) is 1. The fourth-order valence-electron chi connectivity index (χ4n) is 2.55. The Morgan fingerprint density at radius 3 is 2.53 bits per heavy atom. The number of sulfonamides is 1. The number of hydrogen-bond acceptors (Lipinski definition) is 6. The molecule has 30 heavy (non-hydrogen) atoms. The quantitative estimate of drug-likeness (QED) is 0.453. The third-order valence-electron chi connectivity index (χ3n) is 4.07. The highest BCUT2D eigenvalue weighted by molar-refractivity contribution is 7.93. The molecule has 0 bridgehead atoms. The second-order valence-electron chi connectivity index (χ2n) is 6.51. The molecule has 1 aromatic heterocycles. The maximum Gasteiger partial charge on any atom is 0.263 e. The summed E-state index contributed by atoms with van der Waals surface area (Å²) >= 11 is 1.13. The van der Waals surface area contributed by atoms with Gasteiger partial charge in [-0.25, -0.2) is 13.4 Å². The number of carbonyl (C=O) groups excluding carboxylic acids is 1. The standard InChI is InChI=1S/C21H23N3O4S2/c1-2-3-13-28-18-11-9-16(10-12-18)22-20(25)14-17-15-29-21(23-17)24-30(26,27)19-7-5-4-6-8-19/h4-12,15H,2-3,13-14H2,1H3,(H,22,25)(H,23,24). The second kappa shape index (κ2) is 10.2. The Bertz CT molecular complexity index is 1070. The minimum atomic E-state index is -3.70. The first-order valence-corrected chi connectivity index (χ1v) is 11.9. The normalized spacial score (nSPS) is 11.1. The van der Waals surface area contributed by atoms with E-state index in [4.69, 9.17) is 4.74 Å². The van der Waals surface area contributed by atoms with Crippen molar-refractivity contribution >= 4 is 38.1 Å². The number of benzene rings is 2. The largest absolute Gasteiger partial charge is 0.494 e. The van der Waals surface area contributed by atoms with E-state index in [1.165, 1.54) is 12.1 Å². The van der Waals surface area contributed by atoms with Crippen molar-refractivity contribution in [3.05, 3.63) is 65.7 Å². The van der Waals surface area contributed by atoms with Crippen LogP contribution >= 0.6 is 11.3 Å². The molecular formula is C21H23N3O4S2. The summed E-state index contributed by atoms with van der Waals surface area (Å²) in [6, 6.07) is 15.2. The summed E-state index contributed by atoms with van der Waals surface area (Å²) < 4.78 is 32.7. The molecule has 0 saturated heterocycles. The van der Waals surface area contributed by atoms with Crippen LogP contribution in [0.1, 0.15) is 25.5 Å². The number of anilines is 2. The molecule has 0 fully saturated rings. The summed E-state index contributed by atoms with van der Waals surface area (Å²) in [5.41, 5.74) is 1.14. The van der Waals surface area contributed by atoms with E-state index >= 15 is 0 Å². The van der Waals surface area contributed by atoms with Crippen LogP contribution < -0.4 is 14.8 Å². The zero-order chi connectivity index (χ0) is 21.4. The van der Waals surface area contributed by atoms with Crippen LogP contribution in [0.4, 0.5) is 10.8 Å². The second-order valence-corrected chi connectivity index (χ2v) is 9.05. The van der Waals surface area contributed by atoms with Gasteiger partial charge in [0.25, 0.3) is 10.0 Å². The van der Waals surface area contributed by atoms with E-state index in [2.05, 4.69) is 21.9 Å². The Kier molecular flexibility index (Phi) is 7.42. The molecule has 3 aromatic rings. The number of carbonyl (C=O) groups is 1. The average Bonchev–Trinajstić information content (AvgIpc) is 3.16. The van der Waals surface area contributed by atoms with Gasteiger partial charge in [-0.3, -0.25) is 9.52 Å². The number of hydrogen-bond donors (Lipinski definition) is 2. The molecule has 0 spiro atoms. The van der Waals surface area contributed by atoms with E-state index < -0.39 is 10.0 Å². The number of amides is 1. The van der Waals surface area contributed by atoms with Crippen molar-refractivity contribution in [1.29, 1.82) is 0 Å². The highest BCUT2D eigenvalue weighted by Gasteiger charge is 2.16. The van der Waals surface area contributed by atoms with Gasteiger partial charge in [-0.1, -0.05) is 31.5 Å². The van der Waals surface area contributed by atoms with Crippen LogP contribution in [0.3, 0.4) is 0 Å². The number of rotatable bonds is 10. The van der Waals surface area contributed by atoms with Gasteiger partial charge in [0.1, 0.15) is 5.75 Å². The topological polar surface area (TPSA) is 97.4 Å². The van der Waals surface area contributed by atoms with Crippen molar-refractivity contribution < 1.29 is 17.9 Å². The minimum Gasteiger partial charge on any atom is -0.494 e. The lowest BCUT2D eigenvalue weighted by Crippen LogP contribution is -2.15. The maximum absolute atomic E-state index is 12.4. The molecule has 2 aromatic carbocycles. The number of nitrogens with one attached hydrogen (secondary N) is 2. The van der Waals surface area contributed by atoms with E-state index in [-0.39, 0.29) is 22.4 Å². The first-order valence-electron chi connectivity index (χ1n) is 9.51. The number of unbranched alkanes of at least 4 members (excludes halogenated alkanes) is 1. The zero-order valence-electron chi connectivity index (χ0n) is 16.5. The van der Waals surface area contributed by atoms with Gasteiger partial charge in [0.15, 0.2) is 5.13 Å². The van der Waals surface area contributed by atoms with Gasteiger partial charge >= 0.3 is 0 Å². The monoisotopic (exact) mass is 445 g/mol. The Balaban J connectivity index is 1.53. The molecule has 0 aliphatic rings. The summed E-state index contributed by atoms with van der Waals surface area (Å²) in [5, 5.41) is 4.68. The van der Waals surface area contributed by atoms with Gasteiger partial charge in [-0.05, 0) is 42.8 Å². The van der Waals surface area contributed by atoms with E-state index in [9.17, 15) is 13.2 Å². The molecule has 0 saturated carbocycles. The van der Waals surface area contributed by atoms with Crippen molar-refractivity contribution in [3.8, 4) is 5.75 Å². The fourth-order valence-corrected chi connectivity index (χ4v) is 4.53. The van der Waals surface area contributed by atoms with E-state index in [0.29, 0.717) is 18.0 Å². The lowest BCUT2D eigenvalue weighted by atomic mass is 10.2. The Labute approximate surface area is 180 Å². The molecule has 7 nitrogen and oxygen atoms in total. The lowest BCUT2D eigenvalue weighted by Gasteiger charge is -2.07. The molecule has 9 heteroatoms. The molecular weight excluding hydrogens is 422 g/mol. The van der Waals surface area contributed by atoms with Crippen LogP contribution in [0.2, 0.25) is 0 Å². The summed E-state index contributed by atoms with van der Waals surface area (Å²) in [5.74, 6) is 0.522. The summed E-state index contributed by atoms with van der Waals surface area (Å²) in [6.07, 6.45) is 2.11. The van der Waals surface area contributed by atoms with Crippen molar-refractivity contribution in [3.63, 3.8) is 0 Å². The van der Waals surface area contributed by atoms with E-state index in [0.717, 1.165) is 29.9 Å². The molecule has 1 amide bonds. The van der Waals surface area contributed by atoms with Crippen molar-refractivity contribution in [2.24, 2.45) is 0 Å². The molecule has 0 aliphatic heterocycles. The SMILES string of the molecule is CCCCOc1ccc(NC(=O)Cc2csc(NS(=O)(=O)c3ccccc3)n2)cc1. The number of ether oxygens (including phenoxy) is 1. The van der Waals surface area contributed by atoms with Gasteiger partial charge in [0.05, 0.1) is 23.6 Å². The predicted molar refractivity (Wildman–Crippen MR) is 119 cm³/mol. The average molecular weight is 446 g/mol. The molecule has 158 valence electrons. The lowest BCUT2D eigenvalue weighted by molar-refractivity contribution is -0.115. The summed E-state index contributed by atoms with van der Waals surface area (Å²) in [7, 11) is -3.70. The third-order valence-corrected chi connectivity index (χ3v) is 6.36. The number of aromatic nitrogens is 1. The Hall–Kier alpha value is -2.91. The molecule has 0 radical (unpaired) electrons. The zero-order valence-corrected chi connectivity index (χ0v) is 18.1. The Morgan fingerprint density at radius 2 is 1.83 bits per heavy atom. The third kappa shape index (κ3) is 6.30. The van der Waals surface area contributed by atoms with Crippen LogP contribution in [0.5, 0.6) is 5.75 Å². The van der Waals surface area contributed by atoms with E-state index in [1.807, 2.05) is 12.1 Å². The van der Waals surface area contributed by atoms with Crippen LogP contribution in [0.25, 0.3) is 0 Å². The molecule has 1 heterocycles. The first kappa shape index (κ1) is 21.8. The van der Waals surface area contributed by atoms with Crippen LogP contribution in [0.15, 0.2) is 64.9 Å². The van der Waals surface area contributed by atoms with Gasteiger partial charge in [-0.2, -0.15) is 0 Å². The minimum absolute atomic E-state index is 0.0400. The van der Waals surface area contributed by atoms with Crippen LogP contribution in [0, 0.1) is 0 Å². The van der Waals surface area contributed by atoms with Gasteiger partial charge < -0.3 is 10.1 Å². The van der Waals surface area contributed by atoms with Crippen LogP contribution in [-0.2, 0) is 21.2 Å². The number of thiazole rings is 1. The molecule has 0 aliphatic carbocycles. The highest BCUT2D eigenvalue weighted by atomic mass is 32.2. The van der Waals surface area contributed by atoms with Crippen LogP contribution in [-0.4, -0.2) is 25.9 Å². The molecule has 3 rings (SSSR count). The molecule has 2 N–H and O–H groups in total. The summed E-state index contributed by atoms with van der Waals surface area (Å²) in [6.45, 7) is 2.77. The molecule has 0 atom stereocenters. The Morgan fingerprint density at radius 1 is 1.10 bits per heavy atom. The van der Waals surface area contributed by atoms with E-state index in [1.54, 1.807) is 35.7 Å². The van der Waals surface area contributed by atoms with Gasteiger partial charge in [0, 0.05) is 11.1 Å². The first-order chi connectivity index (χ1) is 14.5. The summed E-state index contributed by atoms with van der Waals surface area (Å²) in [4.78, 5) is 16.6. The van der Waals surface area contributed by atoms with Crippen molar-refractivity contribution in [1.82, 2.24) is 4.98 Å².